The van der Waals surface area contributed by atoms with Crippen molar-refractivity contribution in [2.24, 2.45) is 0 Å². The lowest BCUT2D eigenvalue weighted by Gasteiger charge is -2.32. The summed E-state index contributed by atoms with van der Waals surface area (Å²) in [6, 6.07) is 0. The van der Waals surface area contributed by atoms with Crippen LogP contribution in [0.2, 0.25) is 0 Å². The van der Waals surface area contributed by atoms with E-state index in [-0.39, 0.29) is 11.2 Å². The van der Waals surface area contributed by atoms with E-state index in [4.69, 9.17) is 4.74 Å². The molecule has 4 atom stereocenters. The molecule has 1 saturated heterocycles. The molecule has 9 heteroatoms. The van der Waals surface area contributed by atoms with Gasteiger partial charge in [0.25, 0.3) is 5.56 Å². The lowest BCUT2D eigenvalue weighted by Crippen LogP contribution is -2.51. The molecular weight excluding hydrogens is 283 g/mol. The number of halogens is 1. The molecule has 0 unspecified atom stereocenters. The van der Waals surface area contributed by atoms with Crippen LogP contribution in [0.15, 0.2) is 17.4 Å². The first-order valence-corrected chi connectivity index (χ1v) is 6.38. The molecule has 0 bridgehead atoms. The van der Waals surface area contributed by atoms with Gasteiger partial charge in [0.1, 0.15) is 11.7 Å². The number of hydrogen-bond acceptors (Lipinski definition) is 6. The van der Waals surface area contributed by atoms with Gasteiger partial charge in [-0.25, -0.2) is 14.4 Å². The van der Waals surface area contributed by atoms with Crippen molar-refractivity contribution in [3.63, 3.8) is 0 Å². The number of fused-ring (bicyclic) bond motifs is 1. The summed E-state index contributed by atoms with van der Waals surface area (Å²) >= 11 is 0. The van der Waals surface area contributed by atoms with E-state index in [0.717, 1.165) is 0 Å². The van der Waals surface area contributed by atoms with Crippen LogP contribution < -0.4 is 5.56 Å². The van der Waals surface area contributed by atoms with Gasteiger partial charge >= 0.3 is 0 Å². The Morgan fingerprint density at radius 1 is 1.52 bits per heavy atom. The summed E-state index contributed by atoms with van der Waals surface area (Å²) in [4.78, 5) is 21.8. The van der Waals surface area contributed by atoms with Gasteiger partial charge in [-0.2, -0.15) is 0 Å². The maximum atomic E-state index is 15.0. The molecular formula is C12H15FN4O4. The molecule has 8 nitrogen and oxygen atoms in total. The van der Waals surface area contributed by atoms with E-state index in [0.29, 0.717) is 0 Å². The van der Waals surface area contributed by atoms with Gasteiger partial charge in [0.05, 0.1) is 19.3 Å². The Morgan fingerprint density at radius 2 is 2.24 bits per heavy atom. The number of nitrogens with one attached hydrogen (secondary N) is 1. The Hall–Kier alpha value is -1.84. The minimum atomic E-state index is -2.21. The summed E-state index contributed by atoms with van der Waals surface area (Å²) in [7, 11) is 0. The number of ether oxygens (including phenoxy) is 1. The predicted octanol–water partition coefficient (Wildman–Crippen LogP) is -0.512. The molecule has 0 spiro atoms. The second-order valence-electron chi connectivity index (χ2n) is 5.44. The smallest absolute Gasteiger partial charge is 0.278 e. The van der Waals surface area contributed by atoms with Gasteiger partial charge in [-0.15, -0.1) is 0 Å². The third kappa shape index (κ3) is 1.74. The van der Waals surface area contributed by atoms with Gasteiger partial charge in [-0.3, -0.25) is 9.36 Å². The van der Waals surface area contributed by atoms with E-state index in [1.807, 2.05) is 0 Å². The molecule has 0 amide bonds. The normalized spacial score (nSPS) is 36.4. The highest BCUT2D eigenvalue weighted by Crippen LogP contribution is 2.48. The van der Waals surface area contributed by atoms with E-state index in [9.17, 15) is 15.0 Å². The average Bonchev–Trinajstić information content (AvgIpc) is 2.90. The van der Waals surface area contributed by atoms with Crippen LogP contribution in [0.3, 0.4) is 0 Å². The van der Waals surface area contributed by atoms with Crippen LogP contribution >= 0.6 is 0 Å². The van der Waals surface area contributed by atoms with Crippen molar-refractivity contribution in [2.75, 3.05) is 6.61 Å². The zero-order valence-electron chi connectivity index (χ0n) is 11.4. The van der Waals surface area contributed by atoms with Gasteiger partial charge in [-0.1, -0.05) is 0 Å². The molecule has 21 heavy (non-hydrogen) atoms. The van der Waals surface area contributed by atoms with Crippen molar-refractivity contribution in [1.82, 2.24) is 19.5 Å². The Bertz CT molecular complexity index is 738. The van der Waals surface area contributed by atoms with Gasteiger partial charge in [0, 0.05) is 0 Å². The third-order valence-electron chi connectivity index (χ3n) is 4.16. The number of aromatic amines is 1. The van der Waals surface area contributed by atoms with Crippen LogP contribution in [0.4, 0.5) is 4.39 Å². The Kier molecular flexibility index (Phi) is 2.91. The predicted molar refractivity (Wildman–Crippen MR) is 69.3 cm³/mol. The number of hydrogen-bond donors (Lipinski definition) is 3. The molecule has 0 radical (unpaired) electrons. The molecule has 114 valence electrons. The minimum absolute atomic E-state index is 0.0454. The summed E-state index contributed by atoms with van der Waals surface area (Å²) in [5.74, 6) is 0. The van der Waals surface area contributed by atoms with Crippen molar-refractivity contribution >= 4 is 11.2 Å². The standard InChI is InChI=1S/C12H15FN4O4/c1-11(13)10(21-6(3-18)12(11,2)20)17-5-16-7-8(17)14-4-15-9(7)19/h4-6,10,18,20H,3H2,1-2H3,(H,14,15,19)/t6-,10-,11-,12+/m1/s1. The fourth-order valence-corrected chi connectivity index (χ4v) is 2.56. The molecule has 3 rings (SSSR count). The molecule has 3 N–H and O–H groups in total. The molecule has 2 aromatic heterocycles. The number of imidazole rings is 1. The van der Waals surface area contributed by atoms with Gasteiger partial charge in [0.2, 0.25) is 0 Å². The Labute approximate surface area is 118 Å². The van der Waals surface area contributed by atoms with Crippen LogP contribution in [0.1, 0.15) is 20.1 Å². The monoisotopic (exact) mass is 298 g/mol. The molecule has 0 aliphatic carbocycles. The zero-order valence-corrected chi connectivity index (χ0v) is 11.4. The molecule has 0 aromatic carbocycles. The lowest BCUT2D eigenvalue weighted by atomic mass is 9.85. The van der Waals surface area contributed by atoms with Crippen molar-refractivity contribution in [3.05, 3.63) is 23.0 Å². The van der Waals surface area contributed by atoms with E-state index in [1.54, 1.807) is 0 Å². The zero-order chi connectivity index (χ0) is 15.4. The van der Waals surface area contributed by atoms with Crippen LogP contribution in [0, 0.1) is 0 Å². The summed E-state index contributed by atoms with van der Waals surface area (Å²) in [6.45, 7) is 1.89. The summed E-state index contributed by atoms with van der Waals surface area (Å²) in [6.07, 6.45) is 0.0428. The second-order valence-corrected chi connectivity index (χ2v) is 5.44. The van der Waals surface area contributed by atoms with Crippen LogP contribution in [-0.2, 0) is 4.74 Å². The van der Waals surface area contributed by atoms with E-state index in [1.165, 1.54) is 31.1 Å². The summed E-state index contributed by atoms with van der Waals surface area (Å²) < 4.78 is 21.7. The topological polar surface area (TPSA) is 113 Å². The van der Waals surface area contributed by atoms with Gasteiger partial charge in [-0.05, 0) is 13.8 Å². The number of rotatable bonds is 2. The average molecular weight is 298 g/mol. The first kappa shape index (κ1) is 14.1. The fraction of sp³-hybridized carbons (Fsp3) is 0.583. The Morgan fingerprint density at radius 3 is 2.86 bits per heavy atom. The van der Waals surface area contributed by atoms with Crippen LogP contribution in [0.25, 0.3) is 11.2 Å². The molecule has 1 fully saturated rings. The number of alkyl halides is 1. The van der Waals surface area contributed by atoms with Crippen molar-refractivity contribution in [2.45, 2.75) is 37.4 Å². The van der Waals surface area contributed by atoms with Gasteiger partial charge < -0.3 is 19.9 Å². The minimum Gasteiger partial charge on any atom is -0.394 e. The fourth-order valence-electron chi connectivity index (χ4n) is 2.56. The third-order valence-corrected chi connectivity index (χ3v) is 4.16. The van der Waals surface area contributed by atoms with E-state index < -0.39 is 35.8 Å². The SMILES string of the molecule is C[C@]1(O)[C@@H](CO)O[C@@H](n2cnc3c(=O)[nH]cnc32)[C@@]1(C)F. The maximum Gasteiger partial charge on any atom is 0.278 e. The number of aromatic nitrogens is 4. The van der Waals surface area contributed by atoms with Crippen molar-refractivity contribution in [1.29, 1.82) is 0 Å². The van der Waals surface area contributed by atoms with Crippen LogP contribution in [-0.4, -0.2) is 53.7 Å². The highest BCUT2D eigenvalue weighted by Gasteiger charge is 2.63. The maximum absolute atomic E-state index is 15.0. The van der Waals surface area contributed by atoms with Crippen molar-refractivity contribution < 1.29 is 19.3 Å². The number of nitrogens with zero attached hydrogens (tertiary/aromatic N) is 3. The summed E-state index contributed by atoms with van der Waals surface area (Å²) in [5, 5.41) is 19.6. The number of aliphatic hydroxyl groups is 2. The number of aliphatic hydroxyl groups excluding tert-OH is 1. The summed E-state index contributed by atoms with van der Waals surface area (Å²) in [5.41, 5.74) is -4.38. The molecule has 1 aliphatic heterocycles. The quantitative estimate of drug-likeness (QED) is 0.688. The first-order chi connectivity index (χ1) is 9.80. The molecule has 1 aliphatic rings. The molecule has 2 aromatic rings. The lowest BCUT2D eigenvalue weighted by molar-refractivity contribution is -0.0891. The largest absolute Gasteiger partial charge is 0.394 e. The molecule has 3 heterocycles. The Balaban J connectivity index is 2.15. The van der Waals surface area contributed by atoms with Crippen molar-refractivity contribution in [3.8, 4) is 0 Å². The van der Waals surface area contributed by atoms with E-state index in [2.05, 4.69) is 15.0 Å². The first-order valence-electron chi connectivity index (χ1n) is 6.38. The van der Waals surface area contributed by atoms with Crippen LogP contribution in [0.5, 0.6) is 0 Å². The highest BCUT2D eigenvalue weighted by molar-refractivity contribution is 5.69. The highest BCUT2D eigenvalue weighted by atomic mass is 19.1. The molecule has 0 saturated carbocycles. The second kappa shape index (κ2) is 4.33. The van der Waals surface area contributed by atoms with E-state index >= 15 is 4.39 Å². The number of H-pyrrole nitrogens is 1. The van der Waals surface area contributed by atoms with Gasteiger partial charge in [0.15, 0.2) is 23.1 Å².